The van der Waals surface area contributed by atoms with Crippen LogP contribution in [0.4, 0.5) is 0 Å². The van der Waals surface area contributed by atoms with Gasteiger partial charge in [0, 0.05) is 19.9 Å². The molecule has 3 atom stereocenters. The van der Waals surface area contributed by atoms with Crippen LogP contribution >= 0.6 is 11.8 Å². The van der Waals surface area contributed by atoms with E-state index in [0.29, 0.717) is 36.4 Å². The van der Waals surface area contributed by atoms with Crippen molar-refractivity contribution in [1.82, 2.24) is 30.4 Å². The standard InChI is InChI=1S/C20H26N6O9S/c1-25-19(22-23-24-25)36-8-10-7-35-18-20(34-2,17(33)26(18)13(10)16(31)32)21-14(28)12(15(29)30)9-3-5-11(27)6-4-9/h9,11-12,18,27H,3-8H2,1-2H3,(H,21,28)(H,29,30)(H,31,32)/t9?,11?,12?,18-,20+/m1/s1. The van der Waals surface area contributed by atoms with Gasteiger partial charge in [-0.15, -0.1) is 5.10 Å². The highest BCUT2D eigenvalue weighted by molar-refractivity contribution is 7.99. The maximum absolute atomic E-state index is 13.2. The number of aromatic nitrogens is 4. The number of amides is 2. The molecule has 1 saturated heterocycles. The fourth-order valence-electron chi connectivity index (χ4n) is 4.77. The number of aryl methyl sites for hydroxylation is 1. The molecule has 4 N–H and O–H groups in total. The molecule has 1 aromatic heterocycles. The highest BCUT2D eigenvalue weighted by atomic mass is 32.2. The number of ether oxygens (including phenoxy) is 2. The number of β-lactam (4-membered cyclic amide) rings is 1. The third-order valence-corrected chi connectivity index (χ3v) is 7.76. The van der Waals surface area contributed by atoms with Crippen LogP contribution in [0.15, 0.2) is 16.4 Å². The molecule has 15 nitrogen and oxygen atoms in total. The van der Waals surface area contributed by atoms with E-state index in [4.69, 9.17) is 9.47 Å². The Kier molecular flexibility index (Phi) is 7.31. The Balaban J connectivity index is 1.54. The molecule has 0 aromatic carbocycles. The van der Waals surface area contributed by atoms with Crippen LogP contribution in [0, 0.1) is 11.8 Å². The molecule has 1 unspecified atom stereocenters. The molecule has 1 aromatic rings. The van der Waals surface area contributed by atoms with Gasteiger partial charge in [0.1, 0.15) is 11.6 Å². The number of hydrogen-bond acceptors (Lipinski definition) is 11. The predicted octanol–water partition coefficient (Wildman–Crippen LogP) is -1.45. The van der Waals surface area contributed by atoms with E-state index in [1.807, 2.05) is 0 Å². The summed E-state index contributed by atoms with van der Waals surface area (Å²) < 4.78 is 12.5. The number of rotatable bonds is 9. The summed E-state index contributed by atoms with van der Waals surface area (Å²) in [5, 5.41) is 43.1. The number of nitrogens with zero attached hydrogens (tertiary/aromatic N) is 5. The normalized spacial score (nSPS) is 28.8. The van der Waals surface area contributed by atoms with Gasteiger partial charge in [-0.1, -0.05) is 11.8 Å². The molecule has 3 aliphatic rings. The first-order chi connectivity index (χ1) is 17.1. The quantitative estimate of drug-likeness (QED) is 0.126. The van der Waals surface area contributed by atoms with Gasteiger partial charge < -0.3 is 30.1 Å². The van der Waals surface area contributed by atoms with Gasteiger partial charge in [0.15, 0.2) is 6.23 Å². The van der Waals surface area contributed by atoms with Crippen molar-refractivity contribution in [1.29, 1.82) is 0 Å². The van der Waals surface area contributed by atoms with E-state index < -0.39 is 53.6 Å². The van der Waals surface area contributed by atoms with Crippen LogP contribution in [0.3, 0.4) is 0 Å². The third-order valence-electron chi connectivity index (χ3n) is 6.66. The number of carbonyl (C=O) groups excluding carboxylic acids is 2. The van der Waals surface area contributed by atoms with Gasteiger partial charge in [-0.25, -0.2) is 9.48 Å². The first-order valence-electron chi connectivity index (χ1n) is 11.1. The van der Waals surface area contributed by atoms with Crippen LogP contribution in [-0.2, 0) is 35.7 Å². The number of carbonyl (C=O) groups is 4. The Labute approximate surface area is 208 Å². The van der Waals surface area contributed by atoms with Gasteiger partial charge in [0.2, 0.25) is 11.1 Å². The van der Waals surface area contributed by atoms with E-state index in [1.54, 1.807) is 7.05 Å². The molecule has 1 aliphatic carbocycles. The zero-order valence-electron chi connectivity index (χ0n) is 19.5. The summed E-state index contributed by atoms with van der Waals surface area (Å²) in [6.45, 7) is -0.182. The fraction of sp³-hybridized carbons (Fsp3) is 0.650. The summed E-state index contributed by atoms with van der Waals surface area (Å²) in [5.41, 5.74) is -2.09. The summed E-state index contributed by atoms with van der Waals surface area (Å²) >= 11 is 1.15. The summed E-state index contributed by atoms with van der Waals surface area (Å²) in [4.78, 5) is 51.2. The number of hydrogen-bond donors (Lipinski definition) is 4. The molecule has 0 bridgehead atoms. The molecule has 196 valence electrons. The fourth-order valence-corrected chi connectivity index (χ4v) is 5.61. The van der Waals surface area contributed by atoms with E-state index in [-0.39, 0.29) is 18.1 Å². The molecule has 4 rings (SSSR count). The Morgan fingerprint density at radius 3 is 2.53 bits per heavy atom. The molecule has 1 saturated carbocycles. The predicted molar refractivity (Wildman–Crippen MR) is 118 cm³/mol. The Morgan fingerprint density at radius 2 is 1.97 bits per heavy atom. The highest BCUT2D eigenvalue weighted by Crippen LogP contribution is 2.42. The van der Waals surface area contributed by atoms with Crippen molar-refractivity contribution in [2.24, 2.45) is 18.9 Å². The van der Waals surface area contributed by atoms with Crippen LogP contribution in [0.1, 0.15) is 25.7 Å². The maximum atomic E-state index is 13.2. The lowest BCUT2D eigenvalue weighted by molar-refractivity contribution is -0.258. The second-order valence-electron chi connectivity index (χ2n) is 8.78. The lowest BCUT2D eigenvalue weighted by Crippen LogP contribution is -2.83. The molecule has 16 heteroatoms. The molecular weight excluding hydrogens is 500 g/mol. The molecule has 36 heavy (non-hydrogen) atoms. The molecule has 3 heterocycles. The van der Waals surface area contributed by atoms with E-state index in [0.717, 1.165) is 23.8 Å². The van der Waals surface area contributed by atoms with Crippen molar-refractivity contribution in [2.75, 3.05) is 19.5 Å². The lowest BCUT2D eigenvalue weighted by atomic mass is 9.78. The molecule has 0 spiro atoms. The summed E-state index contributed by atoms with van der Waals surface area (Å²) in [5.74, 6) is -6.47. The maximum Gasteiger partial charge on any atom is 0.352 e. The van der Waals surface area contributed by atoms with Gasteiger partial charge >= 0.3 is 11.9 Å². The molecule has 0 radical (unpaired) electrons. The average molecular weight is 527 g/mol. The molecular formula is C20H26N6O9S. The van der Waals surface area contributed by atoms with Gasteiger partial charge in [-0.3, -0.25) is 19.3 Å². The number of tetrazole rings is 1. The minimum atomic E-state index is -2.08. The zero-order valence-corrected chi connectivity index (χ0v) is 20.3. The Morgan fingerprint density at radius 1 is 1.28 bits per heavy atom. The number of carboxylic acid groups (broad SMARTS) is 2. The van der Waals surface area contributed by atoms with Crippen LogP contribution in [0.5, 0.6) is 0 Å². The Hall–Kier alpha value is -3.08. The minimum Gasteiger partial charge on any atom is -0.481 e. The van der Waals surface area contributed by atoms with Crippen molar-refractivity contribution in [2.45, 2.75) is 48.9 Å². The van der Waals surface area contributed by atoms with Gasteiger partial charge in [0.05, 0.1) is 12.7 Å². The number of fused-ring (bicyclic) bond motifs is 1. The van der Waals surface area contributed by atoms with E-state index in [2.05, 4.69) is 20.8 Å². The van der Waals surface area contributed by atoms with Crippen LogP contribution < -0.4 is 5.32 Å². The SMILES string of the molecule is CO[C@@]1(NC(=O)C(C(=O)O)C2CCC(O)CC2)C(=O)N2C(C(=O)O)=C(CSc3nnnn3C)CO[C@@H]21. The van der Waals surface area contributed by atoms with Crippen LogP contribution in [-0.4, -0.2) is 102 Å². The van der Waals surface area contributed by atoms with Crippen LogP contribution in [0.25, 0.3) is 0 Å². The monoisotopic (exact) mass is 526 g/mol. The van der Waals surface area contributed by atoms with E-state index in [9.17, 15) is 34.5 Å². The van der Waals surface area contributed by atoms with Gasteiger partial charge in [0.25, 0.3) is 11.6 Å². The number of nitrogens with one attached hydrogen (secondary N) is 1. The minimum absolute atomic E-state index is 0.118. The first kappa shape index (κ1) is 26.0. The second-order valence-corrected chi connectivity index (χ2v) is 9.73. The van der Waals surface area contributed by atoms with Crippen molar-refractivity contribution in [3.63, 3.8) is 0 Å². The first-order valence-corrected chi connectivity index (χ1v) is 12.1. The number of aliphatic hydroxyl groups excluding tert-OH is 1. The lowest BCUT2D eigenvalue weighted by Gasteiger charge is -2.55. The van der Waals surface area contributed by atoms with Crippen molar-refractivity contribution >= 4 is 35.5 Å². The second kappa shape index (κ2) is 10.1. The summed E-state index contributed by atoms with van der Waals surface area (Å²) in [6, 6.07) is 0. The summed E-state index contributed by atoms with van der Waals surface area (Å²) in [6.07, 6.45) is -0.446. The number of methoxy groups -OCH3 is 1. The van der Waals surface area contributed by atoms with E-state index >= 15 is 0 Å². The smallest absolute Gasteiger partial charge is 0.352 e. The summed E-state index contributed by atoms with van der Waals surface area (Å²) in [7, 11) is 2.76. The van der Waals surface area contributed by atoms with Gasteiger partial charge in [-0.05, 0) is 47.6 Å². The third kappa shape index (κ3) is 4.44. The number of carboxylic acids is 2. The number of aliphatic carboxylic acids is 2. The number of aliphatic hydroxyl groups is 1. The largest absolute Gasteiger partial charge is 0.481 e. The van der Waals surface area contributed by atoms with Crippen LogP contribution in [0.2, 0.25) is 0 Å². The van der Waals surface area contributed by atoms with Crippen molar-refractivity contribution < 1.29 is 44.0 Å². The van der Waals surface area contributed by atoms with Gasteiger partial charge in [-0.2, -0.15) is 0 Å². The zero-order chi connectivity index (χ0) is 26.2. The topological polar surface area (TPSA) is 206 Å². The molecule has 2 amide bonds. The number of thioether (sulfide) groups is 1. The molecule has 2 aliphatic heterocycles. The Bertz CT molecular complexity index is 1100. The average Bonchev–Trinajstić information content (AvgIpc) is 3.25. The van der Waals surface area contributed by atoms with Crippen molar-refractivity contribution in [3.05, 3.63) is 11.3 Å². The van der Waals surface area contributed by atoms with E-state index in [1.165, 1.54) is 4.68 Å². The highest BCUT2D eigenvalue weighted by Gasteiger charge is 2.68. The molecule has 2 fully saturated rings. The van der Waals surface area contributed by atoms with Crippen molar-refractivity contribution in [3.8, 4) is 0 Å².